The van der Waals surface area contributed by atoms with Gasteiger partial charge < -0.3 is 14.6 Å². The predicted molar refractivity (Wildman–Crippen MR) is 59.4 cm³/mol. The van der Waals surface area contributed by atoms with E-state index >= 15 is 0 Å². The van der Waals surface area contributed by atoms with Gasteiger partial charge in [-0.2, -0.15) is 0 Å². The molecule has 84 valence electrons. The van der Waals surface area contributed by atoms with Crippen molar-refractivity contribution in [3.05, 3.63) is 23.8 Å². The number of ether oxygens (including phenoxy) is 2. The Labute approximate surface area is 90.6 Å². The first kappa shape index (κ1) is 11.9. The molecule has 1 aromatic rings. The van der Waals surface area contributed by atoms with Gasteiger partial charge in [0.2, 0.25) is 0 Å². The maximum absolute atomic E-state index is 9.82. The van der Waals surface area contributed by atoms with Gasteiger partial charge in [0, 0.05) is 5.56 Å². The van der Waals surface area contributed by atoms with Gasteiger partial charge in [0.25, 0.3) is 0 Å². The fourth-order valence-corrected chi connectivity index (χ4v) is 1.47. The number of aliphatic hydroxyl groups excluding tert-OH is 1. The maximum Gasteiger partial charge on any atom is 0.166 e. The van der Waals surface area contributed by atoms with E-state index in [-0.39, 0.29) is 0 Å². The summed E-state index contributed by atoms with van der Waals surface area (Å²) in [5, 5.41) is 9.82. The second-order valence-corrected chi connectivity index (χ2v) is 3.24. The highest BCUT2D eigenvalue weighted by Crippen LogP contribution is 2.35. The van der Waals surface area contributed by atoms with E-state index in [1.54, 1.807) is 7.11 Å². The van der Waals surface area contributed by atoms with Gasteiger partial charge in [-0.1, -0.05) is 19.1 Å². The number of benzene rings is 1. The van der Waals surface area contributed by atoms with E-state index in [1.807, 2.05) is 32.0 Å². The zero-order valence-electron chi connectivity index (χ0n) is 9.49. The topological polar surface area (TPSA) is 38.7 Å². The third kappa shape index (κ3) is 2.63. The smallest absolute Gasteiger partial charge is 0.166 e. The monoisotopic (exact) mass is 210 g/mol. The van der Waals surface area contributed by atoms with Crippen molar-refractivity contribution in [2.75, 3.05) is 13.7 Å². The number of aliphatic hydroxyl groups is 1. The van der Waals surface area contributed by atoms with E-state index in [4.69, 9.17) is 9.47 Å². The van der Waals surface area contributed by atoms with Gasteiger partial charge in [-0.15, -0.1) is 0 Å². The van der Waals surface area contributed by atoms with Crippen LogP contribution < -0.4 is 9.47 Å². The summed E-state index contributed by atoms with van der Waals surface area (Å²) in [4.78, 5) is 0. The highest BCUT2D eigenvalue weighted by atomic mass is 16.5. The molecule has 0 radical (unpaired) electrons. The van der Waals surface area contributed by atoms with Crippen LogP contribution in [0.3, 0.4) is 0 Å². The molecule has 0 saturated heterocycles. The SMILES string of the molecule is CCOc1c(OC)cccc1C(O)CC. The van der Waals surface area contributed by atoms with Gasteiger partial charge in [0.15, 0.2) is 11.5 Å². The van der Waals surface area contributed by atoms with Crippen LogP contribution in [0, 0.1) is 0 Å². The number of hydrogen-bond acceptors (Lipinski definition) is 3. The van der Waals surface area contributed by atoms with Crippen LogP contribution in [0.2, 0.25) is 0 Å². The molecule has 1 aromatic carbocycles. The van der Waals surface area contributed by atoms with E-state index in [2.05, 4.69) is 0 Å². The largest absolute Gasteiger partial charge is 0.493 e. The molecule has 1 atom stereocenters. The van der Waals surface area contributed by atoms with Gasteiger partial charge in [0.05, 0.1) is 19.8 Å². The average molecular weight is 210 g/mol. The summed E-state index contributed by atoms with van der Waals surface area (Å²) in [7, 11) is 1.60. The molecule has 15 heavy (non-hydrogen) atoms. The lowest BCUT2D eigenvalue weighted by atomic mass is 10.1. The fourth-order valence-electron chi connectivity index (χ4n) is 1.47. The third-order valence-electron chi connectivity index (χ3n) is 2.26. The van der Waals surface area contributed by atoms with Crippen molar-refractivity contribution in [1.82, 2.24) is 0 Å². The Balaban J connectivity index is 3.12. The van der Waals surface area contributed by atoms with E-state index in [0.29, 0.717) is 24.5 Å². The Morgan fingerprint density at radius 3 is 2.60 bits per heavy atom. The zero-order chi connectivity index (χ0) is 11.3. The summed E-state index contributed by atoms with van der Waals surface area (Å²) in [6.45, 7) is 4.40. The third-order valence-corrected chi connectivity index (χ3v) is 2.26. The molecule has 0 heterocycles. The minimum absolute atomic E-state index is 0.498. The highest BCUT2D eigenvalue weighted by Gasteiger charge is 2.15. The molecule has 0 aliphatic carbocycles. The van der Waals surface area contributed by atoms with Crippen molar-refractivity contribution >= 4 is 0 Å². The van der Waals surface area contributed by atoms with Crippen LogP contribution in [0.25, 0.3) is 0 Å². The summed E-state index contributed by atoms with van der Waals surface area (Å²) in [5.74, 6) is 1.32. The van der Waals surface area contributed by atoms with Gasteiger partial charge in [-0.3, -0.25) is 0 Å². The molecular formula is C12H18O3. The Bertz CT molecular complexity index is 310. The fraction of sp³-hybridized carbons (Fsp3) is 0.500. The van der Waals surface area contributed by atoms with Crippen LogP contribution in [-0.2, 0) is 0 Å². The summed E-state index contributed by atoms with van der Waals surface area (Å²) in [5.41, 5.74) is 0.790. The molecule has 0 aliphatic heterocycles. The molecule has 0 aliphatic rings. The summed E-state index contributed by atoms with van der Waals surface area (Å²) >= 11 is 0. The van der Waals surface area contributed by atoms with Crippen molar-refractivity contribution in [3.63, 3.8) is 0 Å². The molecule has 3 heteroatoms. The summed E-state index contributed by atoms with van der Waals surface area (Å²) < 4.78 is 10.7. The standard InChI is InChI=1S/C12H18O3/c1-4-10(13)9-7-6-8-11(14-3)12(9)15-5-2/h6-8,10,13H,4-5H2,1-3H3. The molecule has 0 aromatic heterocycles. The minimum Gasteiger partial charge on any atom is -0.493 e. The minimum atomic E-state index is -0.498. The Morgan fingerprint density at radius 2 is 2.07 bits per heavy atom. The lowest BCUT2D eigenvalue weighted by molar-refractivity contribution is 0.166. The normalized spacial score (nSPS) is 12.3. The van der Waals surface area contributed by atoms with Crippen LogP contribution in [0.4, 0.5) is 0 Å². The number of rotatable bonds is 5. The van der Waals surface area contributed by atoms with Crippen LogP contribution in [0.5, 0.6) is 11.5 Å². The van der Waals surface area contributed by atoms with Crippen molar-refractivity contribution in [3.8, 4) is 11.5 Å². The first-order valence-corrected chi connectivity index (χ1v) is 5.22. The molecule has 0 bridgehead atoms. The molecule has 1 unspecified atom stereocenters. The quantitative estimate of drug-likeness (QED) is 0.811. The van der Waals surface area contributed by atoms with Gasteiger partial charge >= 0.3 is 0 Å². The second kappa shape index (κ2) is 5.61. The van der Waals surface area contributed by atoms with Crippen molar-refractivity contribution in [2.45, 2.75) is 26.4 Å². The number of methoxy groups -OCH3 is 1. The molecule has 1 rings (SSSR count). The average Bonchev–Trinajstić information content (AvgIpc) is 2.28. The summed E-state index contributed by atoms with van der Waals surface area (Å²) in [6.07, 6.45) is 0.161. The molecular weight excluding hydrogens is 192 g/mol. The Morgan fingerprint density at radius 1 is 1.33 bits per heavy atom. The van der Waals surface area contributed by atoms with E-state index in [0.717, 1.165) is 5.56 Å². The van der Waals surface area contributed by atoms with Crippen LogP contribution >= 0.6 is 0 Å². The Hall–Kier alpha value is -1.22. The molecule has 1 N–H and O–H groups in total. The lowest BCUT2D eigenvalue weighted by Crippen LogP contribution is -2.03. The maximum atomic E-state index is 9.82. The summed E-state index contributed by atoms with van der Waals surface area (Å²) in [6, 6.07) is 5.55. The zero-order valence-corrected chi connectivity index (χ0v) is 9.49. The van der Waals surface area contributed by atoms with E-state index < -0.39 is 6.10 Å². The van der Waals surface area contributed by atoms with E-state index in [1.165, 1.54) is 0 Å². The molecule has 0 spiro atoms. The predicted octanol–water partition coefficient (Wildman–Crippen LogP) is 2.54. The lowest BCUT2D eigenvalue weighted by Gasteiger charge is -2.16. The van der Waals surface area contributed by atoms with Crippen molar-refractivity contribution in [2.24, 2.45) is 0 Å². The van der Waals surface area contributed by atoms with Crippen LogP contribution in [0.15, 0.2) is 18.2 Å². The van der Waals surface area contributed by atoms with Crippen LogP contribution in [-0.4, -0.2) is 18.8 Å². The van der Waals surface area contributed by atoms with Gasteiger partial charge in [-0.05, 0) is 19.4 Å². The molecule has 0 amide bonds. The first-order valence-electron chi connectivity index (χ1n) is 5.22. The van der Waals surface area contributed by atoms with Gasteiger partial charge in [0.1, 0.15) is 0 Å². The molecule has 3 nitrogen and oxygen atoms in total. The Kier molecular flexibility index (Phi) is 4.43. The van der Waals surface area contributed by atoms with Crippen molar-refractivity contribution in [1.29, 1.82) is 0 Å². The van der Waals surface area contributed by atoms with E-state index in [9.17, 15) is 5.11 Å². The molecule has 0 saturated carbocycles. The second-order valence-electron chi connectivity index (χ2n) is 3.24. The van der Waals surface area contributed by atoms with Crippen molar-refractivity contribution < 1.29 is 14.6 Å². The number of hydrogen-bond donors (Lipinski definition) is 1. The number of para-hydroxylation sites is 1. The molecule has 0 fully saturated rings. The first-order chi connectivity index (χ1) is 7.24. The van der Waals surface area contributed by atoms with Gasteiger partial charge in [-0.25, -0.2) is 0 Å². The highest BCUT2D eigenvalue weighted by molar-refractivity contribution is 5.47. The van der Waals surface area contributed by atoms with Crippen LogP contribution in [0.1, 0.15) is 31.9 Å².